The molecule has 126 valence electrons. The number of hydrogen-bond acceptors (Lipinski definition) is 3. The second-order valence-electron chi connectivity index (χ2n) is 6.81. The van der Waals surface area contributed by atoms with Crippen LogP contribution in [0.25, 0.3) is 0 Å². The summed E-state index contributed by atoms with van der Waals surface area (Å²) in [7, 11) is 0. The van der Waals surface area contributed by atoms with Gasteiger partial charge in [-0.2, -0.15) is 0 Å². The van der Waals surface area contributed by atoms with Crippen LogP contribution in [0.5, 0.6) is 11.5 Å². The van der Waals surface area contributed by atoms with Crippen LogP contribution >= 0.6 is 0 Å². The fraction of sp³-hybridized carbons (Fsp3) is 0.611. The second-order valence-corrected chi connectivity index (χ2v) is 6.81. The van der Waals surface area contributed by atoms with Gasteiger partial charge in [-0.1, -0.05) is 18.9 Å². The summed E-state index contributed by atoms with van der Waals surface area (Å²) in [6, 6.07) is 5.91. The number of nitrogens with zero attached hydrogens (tertiary/aromatic N) is 1. The van der Waals surface area contributed by atoms with Crippen molar-refractivity contribution in [3.05, 3.63) is 23.8 Å². The molecule has 0 aliphatic carbocycles. The standard InChI is InChI=1S/C18H26N2O3/c1-18(2,19-17(21)20-9-5-3-4-6-10-20)14-7-8-15-16(13-14)23-12-11-22-15/h7-8,13H,3-6,9-12H2,1-2H3,(H,19,21). The molecule has 0 radical (unpaired) electrons. The highest BCUT2D eigenvalue weighted by atomic mass is 16.6. The summed E-state index contributed by atoms with van der Waals surface area (Å²) in [5.41, 5.74) is 0.559. The van der Waals surface area contributed by atoms with Crippen LogP contribution in [0.2, 0.25) is 0 Å². The van der Waals surface area contributed by atoms with Gasteiger partial charge in [0.05, 0.1) is 5.54 Å². The van der Waals surface area contributed by atoms with Gasteiger partial charge in [0, 0.05) is 13.1 Å². The van der Waals surface area contributed by atoms with E-state index in [2.05, 4.69) is 5.32 Å². The maximum absolute atomic E-state index is 12.6. The molecule has 0 spiro atoms. The third-order valence-electron chi connectivity index (χ3n) is 4.58. The minimum Gasteiger partial charge on any atom is -0.486 e. The molecule has 1 N–H and O–H groups in total. The lowest BCUT2D eigenvalue weighted by Gasteiger charge is -2.32. The quantitative estimate of drug-likeness (QED) is 0.910. The minimum atomic E-state index is -0.459. The molecule has 2 aliphatic heterocycles. The van der Waals surface area contributed by atoms with Gasteiger partial charge in [0.25, 0.3) is 0 Å². The monoisotopic (exact) mass is 318 g/mol. The Morgan fingerprint density at radius 1 is 1.04 bits per heavy atom. The molecule has 0 unspecified atom stereocenters. The number of fused-ring (bicyclic) bond motifs is 1. The molecule has 1 aromatic carbocycles. The summed E-state index contributed by atoms with van der Waals surface area (Å²) in [4.78, 5) is 14.5. The molecule has 0 bridgehead atoms. The number of urea groups is 1. The molecule has 0 atom stereocenters. The lowest BCUT2D eigenvalue weighted by Crippen LogP contribution is -2.48. The van der Waals surface area contributed by atoms with E-state index in [9.17, 15) is 4.79 Å². The van der Waals surface area contributed by atoms with E-state index in [1.54, 1.807) is 0 Å². The first-order valence-electron chi connectivity index (χ1n) is 8.53. The fourth-order valence-electron chi connectivity index (χ4n) is 3.12. The SMILES string of the molecule is CC(C)(NC(=O)N1CCCCCC1)c1ccc2c(c1)OCCO2. The molecule has 2 aliphatic rings. The van der Waals surface area contributed by atoms with Crippen LogP contribution in [-0.4, -0.2) is 37.2 Å². The van der Waals surface area contributed by atoms with Crippen LogP contribution in [0.1, 0.15) is 45.1 Å². The van der Waals surface area contributed by atoms with Crippen molar-refractivity contribution < 1.29 is 14.3 Å². The highest BCUT2D eigenvalue weighted by molar-refractivity contribution is 5.75. The Labute approximate surface area is 137 Å². The predicted molar refractivity (Wildman–Crippen MR) is 89.0 cm³/mol. The van der Waals surface area contributed by atoms with Gasteiger partial charge in [-0.15, -0.1) is 0 Å². The van der Waals surface area contributed by atoms with Gasteiger partial charge in [-0.3, -0.25) is 0 Å². The Bertz CT molecular complexity index is 563. The number of amides is 2. The zero-order chi connectivity index (χ0) is 16.3. The smallest absolute Gasteiger partial charge is 0.318 e. The van der Waals surface area contributed by atoms with Crippen molar-refractivity contribution in [2.45, 2.75) is 45.1 Å². The van der Waals surface area contributed by atoms with E-state index >= 15 is 0 Å². The Morgan fingerprint density at radius 2 is 1.70 bits per heavy atom. The molecular formula is C18H26N2O3. The molecule has 2 heterocycles. The first kappa shape index (κ1) is 16.0. The first-order valence-corrected chi connectivity index (χ1v) is 8.53. The number of carbonyl (C=O) groups excluding carboxylic acids is 1. The molecule has 5 nitrogen and oxygen atoms in total. The highest BCUT2D eigenvalue weighted by Gasteiger charge is 2.27. The number of nitrogens with one attached hydrogen (secondary N) is 1. The Balaban J connectivity index is 1.71. The van der Waals surface area contributed by atoms with Crippen molar-refractivity contribution in [1.82, 2.24) is 10.2 Å². The predicted octanol–water partition coefficient (Wildman–Crippen LogP) is 3.28. The van der Waals surface area contributed by atoms with Gasteiger partial charge in [-0.25, -0.2) is 4.79 Å². The molecule has 2 amide bonds. The van der Waals surface area contributed by atoms with Crippen LogP contribution in [0, 0.1) is 0 Å². The average molecular weight is 318 g/mol. The van der Waals surface area contributed by atoms with E-state index < -0.39 is 5.54 Å². The molecule has 1 aromatic rings. The number of ether oxygens (including phenoxy) is 2. The van der Waals surface area contributed by atoms with Crippen LogP contribution in [-0.2, 0) is 5.54 Å². The molecule has 23 heavy (non-hydrogen) atoms. The first-order chi connectivity index (χ1) is 11.1. The van der Waals surface area contributed by atoms with E-state index in [0.717, 1.165) is 43.0 Å². The molecule has 5 heteroatoms. The number of carbonyl (C=O) groups is 1. The van der Waals surface area contributed by atoms with Gasteiger partial charge < -0.3 is 19.7 Å². The summed E-state index contributed by atoms with van der Waals surface area (Å²) in [5.74, 6) is 1.53. The van der Waals surface area contributed by atoms with Gasteiger partial charge in [0.1, 0.15) is 13.2 Å². The molecule has 3 rings (SSSR count). The van der Waals surface area contributed by atoms with E-state index in [1.807, 2.05) is 36.9 Å². The van der Waals surface area contributed by atoms with Gasteiger partial charge in [0.15, 0.2) is 11.5 Å². The van der Waals surface area contributed by atoms with Gasteiger partial charge in [0.2, 0.25) is 0 Å². The van der Waals surface area contributed by atoms with Crippen molar-refractivity contribution in [3.8, 4) is 11.5 Å². The molecule has 0 saturated carbocycles. The van der Waals surface area contributed by atoms with Crippen molar-refractivity contribution in [2.24, 2.45) is 0 Å². The van der Waals surface area contributed by atoms with Gasteiger partial charge >= 0.3 is 6.03 Å². The van der Waals surface area contributed by atoms with Crippen LogP contribution in [0.4, 0.5) is 4.79 Å². The molecular weight excluding hydrogens is 292 g/mol. The van der Waals surface area contributed by atoms with E-state index in [4.69, 9.17) is 9.47 Å². The average Bonchev–Trinajstić information content (AvgIpc) is 2.83. The van der Waals surface area contributed by atoms with Crippen molar-refractivity contribution in [3.63, 3.8) is 0 Å². The second kappa shape index (κ2) is 6.69. The number of rotatable bonds is 2. The zero-order valence-corrected chi connectivity index (χ0v) is 14.1. The maximum atomic E-state index is 12.6. The number of likely N-dealkylation sites (tertiary alicyclic amines) is 1. The topological polar surface area (TPSA) is 50.8 Å². The van der Waals surface area contributed by atoms with Crippen LogP contribution in [0.15, 0.2) is 18.2 Å². The van der Waals surface area contributed by atoms with Crippen LogP contribution < -0.4 is 14.8 Å². The lowest BCUT2D eigenvalue weighted by atomic mass is 9.94. The number of benzene rings is 1. The van der Waals surface area contributed by atoms with Crippen LogP contribution in [0.3, 0.4) is 0 Å². The van der Waals surface area contributed by atoms with E-state index in [0.29, 0.717) is 13.2 Å². The van der Waals surface area contributed by atoms with Crippen molar-refractivity contribution in [1.29, 1.82) is 0 Å². The summed E-state index contributed by atoms with van der Waals surface area (Å²) < 4.78 is 11.2. The normalized spacial score (nSPS) is 18.3. The summed E-state index contributed by atoms with van der Waals surface area (Å²) in [6.45, 7) is 6.90. The Hall–Kier alpha value is -1.91. The summed E-state index contributed by atoms with van der Waals surface area (Å²) in [5, 5.41) is 3.17. The summed E-state index contributed by atoms with van der Waals surface area (Å²) >= 11 is 0. The minimum absolute atomic E-state index is 0.0202. The molecule has 1 saturated heterocycles. The van der Waals surface area contributed by atoms with Crippen molar-refractivity contribution >= 4 is 6.03 Å². The lowest BCUT2D eigenvalue weighted by molar-refractivity contribution is 0.170. The third kappa shape index (κ3) is 3.71. The van der Waals surface area contributed by atoms with Crippen molar-refractivity contribution in [2.75, 3.05) is 26.3 Å². The highest BCUT2D eigenvalue weighted by Crippen LogP contribution is 2.34. The maximum Gasteiger partial charge on any atom is 0.318 e. The molecule has 1 fully saturated rings. The zero-order valence-electron chi connectivity index (χ0n) is 14.1. The summed E-state index contributed by atoms with van der Waals surface area (Å²) in [6.07, 6.45) is 4.63. The number of hydrogen-bond donors (Lipinski definition) is 1. The van der Waals surface area contributed by atoms with E-state index in [1.165, 1.54) is 12.8 Å². The fourth-order valence-corrected chi connectivity index (χ4v) is 3.12. The Morgan fingerprint density at radius 3 is 2.39 bits per heavy atom. The Kier molecular flexibility index (Phi) is 4.64. The van der Waals surface area contributed by atoms with Gasteiger partial charge in [-0.05, 0) is 44.4 Å². The largest absolute Gasteiger partial charge is 0.486 e. The molecule has 0 aromatic heterocycles. The van der Waals surface area contributed by atoms with E-state index in [-0.39, 0.29) is 6.03 Å². The third-order valence-corrected chi connectivity index (χ3v) is 4.58.